The molecule has 3 nitrogen and oxygen atoms in total. The van der Waals surface area contributed by atoms with E-state index in [0.717, 1.165) is 6.61 Å². The van der Waals surface area contributed by atoms with Crippen molar-refractivity contribution in [1.29, 1.82) is 0 Å². The van der Waals surface area contributed by atoms with Gasteiger partial charge in [0.1, 0.15) is 0 Å². The fourth-order valence-corrected chi connectivity index (χ4v) is 2.11. The van der Waals surface area contributed by atoms with Gasteiger partial charge in [-0.1, -0.05) is 20.8 Å². The summed E-state index contributed by atoms with van der Waals surface area (Å²) < 4.78 is 5.26. The summed E-state index contributed by atoms with van der Waals surface area (Å²) >= 11 is 0. The van der Waals surface area contributed by atoms with Crippen LogP contribution < -0.4 is 0 Å². The molecule has 0 spiro atoms. The Morgan fingerprint density at radius 3 is 1.94 bits per heavy atom. The maximum Gasteiger partial charge on any atom is 0.0641 e. The van der Waals surface area contributed by atoms with Gasteiger partial charge >= 0.3 is 0 Å². The van der Waals surface area contributed by atoms with E-state index in [-0.39, 0.29) is 5.54 Å². The van der Waals surface area contributed by atoms with Gasteiger partial charge in [0.2, 0.25) is 0 Å². The SMILES string of the molecule is CC.CCN1CCN(C(C)(C)COC)CC1. The second-order valence-electron chi connectivity index (χ2n) is 4.67. The standard InChI is InChI=1S/C11H24N2O.C2H6/c1-5-12-6-8-13(9-7-12)11(2,3)10-14-4;1-2/h5-10H2,1-4H3;1-2H3. The van der Waals surface area contributed by atoms with E-state index in [0.29, 0.717) is 0 Å². The predicted molar refractivity (Wildman–Crippen MR) is 71.0 cm³/mol. The summed E-state index contributed by atoms with van der Waals surface area (Å²) in [6, 6.07) is 0. The van der Waals surface area contributed by atoms with Gasteiger partial charge in [0.05, 0.1) is 6.61 Å². The van der Waals surface area contributed by atoms with Crippen molar-refractivity contribution in [2.75, 3.05) is 46.4 Å². The van der Waals surface area contributed by atoms with Crippen LogP contribution in [0.15, 0.2) is 0 Å². The monoisotopic (exact) mass is 230 g/mol. The van der Waals surface area contributed by atoms with E-state index in [2.05, 4.69) is 30.6 Å². The quantitative estimate of drug-likeness (QED) is 0.735. The van der Waals surface area contributed by atoms with E-state index in [1.165, 1.54) is 32.7 Å². The molecule has 0 aromatic carbocycles. The normalized spacial score (nSPS) is 19.1. The topological polar surface area (TPSA) is 15.7 Å². The minimum Gasteiger partial charge on any atom is -0.383 e. The van der Waals surface area contributed by atoms with Crippen molar-refractivity contribution in [3.8, 4) is 0 Å². The first-order valence-corrected chi connectivity index (χ1v) is 6.56. The van der Waals surface area contributed by atoms with E-state index in [1.54, 1.807) is 7.11 Å². The molecule has 1 heterocycles. The molecule has 3 heteroatoms. The third-order valence-electron chi connectivity index (χ3n) is 3.17. The zero-order chi connectivity index (χ0) is 12.6. The summed E-state index contributed by atoms with van der Waals surface area (Å²) in [7, 11) is 1.78. The summed E-state index contributed by atoms with van der Waals surface area (Å²) in [5.41, 5.74) is 0.189. The fraction of sp³-hybridized carbons (Fsp3) is 1.00. The third kappa shape index (κ3) is 4.81. The van der Waals surface area contributed by atoms with Gasteiger partial charge in [-0.15, -0.1) is 0 Å². The molecule has 0 bridgehead atoms. The third-order valence-corrected chi connectivity index (χ3v) is 3.17. The van der Waals surface area contributed by atoms with Crippen LogP contribution in [0.2, 0.25) is 0 Å². The highest BCUT2D eigenvalue weighted by Crippen LogP contribution is 2.16. The second-order valence-corrected chi connectivity index (χ2v) is 4.67. The van der Waals surface area contributed by atoms with Gasteiger partial charge in [0, 0.05) is 38.8 Å². The Balaban J connectivity index is 0.00000106. The van der Waals surface area contributed by atoms with Crippen LogP contribution in [-0.4, -0.2) is 61.8 Å². The minimum absolute atomic E-state index is 0.189. The summed E-state index contributed by atoms with van der Waals surface area (Å²) in [6.45, 7) is 17.5. The molecule has 0 unspecified atom stereocenters. The number of nitrogens with zero attached hydrogens (tertiary/aromatic N) is 2. The lowest BCUT2D eigenvalue weighted by Crippen LogP contribution is -2.56. The molecule has 1 aliphatic heterocycles. The largest absolute Gasteiger partial charge is 0.383 e. The van der Waals surface area contributed by atoms with Gasteiger partial charge < -0.3 is 9.64 Å². The van der Waals surface area contributed by atoms with E-state index < -0.39 is 0 Å². The first kappa shape index (κ1) is 15.9. The molecule has 16 heavy (non-hydrogen) atoms. The van der Waals surface area contributed by atoms with Gasteiger partial charge in [0.15, 0.2) is 0 Å². The molecular weight excluding hydrogens is 200 g/mol. The van der Waals surface area contributed by atoms with Crippen LogP contribution in [0.1, 0.15) is 34.6 Å². The average Bonchev–Trinajstić information content (AvgIpc) is 2.32. The van der Waals surface area contributed by atoms with Gasteiger partial charge in [-0.25, -0.2) is 0 Å². The smallest absolute Gasteiger partial charge is 0.0641 e. The van der Waals surface area contributed by atoms with Gasteiger partial charge in [-0.05, 0) is 20.4 Å². The summed E-state index contributed by atoms with van der Waals surface area (Å²) in [6.07, 6.45) is 0. The number of piperazine rings is 1. The lowest BCUT2D eigenvalue weighted by atomic mass is 10.0. The van der Waals surface area contributed by atoms with Crippen molar-refractivity contribution in [1.82, 2.24) is 9.80 Å². The van der Waals surface area contributed by atoms with Crippen LogP contribution >= 0.6 is 0 Å². The van der Waals surface area contributed by atoms with Crippen molar-refractivity contribution in [3.63, 3.8) is 0 Å². The summed E-state index contributed by atoms with van der Waals surface area (Å²) in [5, 5.41) is 0. The van der Waals surface area contributed by atoms with Crippen molar-refractivity contribution >= 4 is 0 Å². The summed E-state index contributed by atoms with van der Waals surface area (Å²) in [5.74, 6) is 0. The predicted octanol–water partition coefficient (Wildman–Crippen LogP) is 2.08. The molecule has 98 valence electrons. The Kier molecular flexibility index (Phi) is 7.98. The van der Waals surface area contributed by atoms with Crippen LogP contribution in [0, 0.1) is 0 Å². The number of hydrogen-bond acceptors (Lipinski definition) is 3. The molecule has 1 rings (SSSR count). The van der Waals surface area contributed by atoms with Gasteiger partial charge in [0.25, 0.3) is 0 Å². The molecule has 0 aromatic rings. The van der Waals surface area contributed by atoms with Crippen molar-refractivity contribution in [2.45, 2.75) is 40.2 Å². The van der Waals surface area contributed by atoms with Crippen LogP contribution in [0.3, 0.4) is 0 Å². The van der Waals surface area contributed by atoms with E-state index >= 15 is 0 Å². The fourth-order valence-electron chi connectivity index (χ4n) is 2.11. The summed E-state index contributed by atoms with van der Waals surface area (Å²) in [4.78, 5) is 5.03. The highest BCUT2D eigenvalue weighted by Gasteiger charge is 2.29. The first-order chi connectivity index (χ1) is 7.60. The number of hydrogen-bond donors (Lipinski definition) is 0. The van der Waals surface area contributed by atoms with Crippen molar-refractivity contribution < 1.29 is 4.74 Å². The maximum absolute atomic E-state index is 5.26. The van der Waals surface area contributed by atoms with Gasteiger partial charge in [-0.3, -0.25) is 4.90 Å². The minimum atomic E-state index is 0.189. The van der Waals surface area contributed by atoms with Crippen molar-refractivity contribution in [3.05, 3.63) is 0 Å². The molecule has 1 fully saturated rings. The average molecular weight is 230 g/mol. The Labute approximate surface area is 102 Å². The molecule has 0 aliphatic carbocycles. The van der Waals surface area contributed by atoms with E-state index in [4.69, 9.17) is 4.74 Å². The molecule has 1 saturated heterocycles. The molecule has 0 amide bonds. The molecule has 1 aliphatic rings. The molecular formula is C13H30N2O. The maximum atomic E-state index is 5.26. The van der Waals surface area contributed by atoms with E-state index in [1.807, 2.05) is 13.8 Å². The van der Waals surface area contributed by atoms with E-state index in [9.17, 15) is 0 Å². The Bertz CT molecular complexity index is 163. The van der Waals surface area contributed by atoms with Gasteiger partial charge in [-0.2, -0.15) is 0 Å². The van der Waals surface area contributed by atoms with Crippen LogP contribution in [0.5, 0.6) is 0 Å². The van der Waals surface area contributed by atoms with Crippen LogP contribution in [0.4, 0.5) is 0 Å². The number of methoxy groups -OCH3 is 1. The Hall–Kier alpha value is -0.120. The highest BCUT2D eigenvalue weighted by molar-refractivity contribution is 4.85. The Morgan fingerprint density at radius 1 is 1.06 bits per heavy atom. The molecule has 0 atom stereocenters. The highest BCUT2D eigenvalue weighted by atomic mass is 16.5. The second kappa shape index (κ2) is 8.04. The number of ether oxygens (including phenoxy) is 1. The van der Waals surface area contributed by atoms with Crippen LogP contribution in [-0.2, 0) is 4.74 Å². The van der Waals surface area contributed by atoms with Crippen LogP contribution in [0.25, 0.3) is 0 Å². The first-order valence-electron chi connectivity index (χ1n) is 6.56. The molecule has 0 N–H and O–H groups in total. The molecule has 0 saturated carbocycles. The Morgan fingerprint density at radius 2 is 1.56 bits per heavy atom. The molecule has 0 aromatic heterocycles. The molecule has 0 radical (unpaired) electrons. The lowest BCUT2D eigenvalue weighted by Gasteiger charge is -2.43. The lowest BCUT2D eigenvalue weighted by molar-refractivity contribution is 0.00335. The zero-order valence-electron chi connectivity index (χ0n) is 12.0. The van der Waals surface area contributed by atoms with Crippen molar-refractivity contribution in [2.24, 2.45) is 0 Å². The number of rotatable bonds is 4. The zero-order valence-corrected chi connectivity index (χ0v) is 12.0. The number of likely N-dealkylation sites (N-methyl/N-ethyl adjacent to an activating group) is 1.